The van der Waals surface area contributed by atoms with Gasteiger partial charge in [0.05, 0.1) is 0 Å². The fourth-order valence-corrected chi connectivity index (χ4v) is 2.71. The molecule has 0 heterocycles. The summed E-state index contributed by atoms with van der Waals surface area (Å²) in [4.78, 5) is 14.1. The maximum Gasteiger partial charge on any atom is 0.240 e. The fraction of sp³-hybridized carbons (Fsp3) is 0.944. The van der Waals surface area contributed by atoms with Crippen LogP contribution in [0.2, 0.25) is 0 Å². The van der Waals surface area contributed by atoms with Crippen molar-refractivity contribution in [2.75, 3.05) is 13.1 Å². The van der Waals surface area contributed by atoms with Gasteiger partial charge in [-0.15, -0.1) is 11.6 Å². The van der Waals surface area contributed by atoms with Crippen molar-refractivity contribution in [3.63, 3.8) is 0 Å². The van der Waals surface area contributed by atoms with E-state index < -0.39 is 0 Å². The highest BCUT2D eigenvalue weighted by Gasteiger charge is 2.17. The van der Waals surface area contributed by atoms with Gasteiger partial charge >= 0.3 is 0 Å². The molecule has 0 aliphatic rings. The van der Waals surface area contributed by atoms with Gasteiger partial charge < -0.3 is 4.90 Å². The van der Waals surface area contributed by atoms with Crippen LogP contribution in [-0.2, 0) is 4.79 Å². The van der Waals surface area contributed by atoms with Crippen molar-refractivity contribution in [2.45, 2.75) is 96.8 Å². The van der Waals surface area contributed by atoms with Gasteiger partial charge in [-0.1, -0.05) is 71.6 Å². The first kappa shape index (κ1) is 20.8. The molecule has 0 saturated carbocycles. The van der Waals surface area contributed by atoms with E-state index in [9.17, 15) is 4.79 Å². The smallest absolute Gasteiger partial charge is 0.240 e. The molecule has 1 unspecified atom stereocenters. The molecule has 0 rings (SSSR count). The number of carbonyl (C=O) groups is 1. The van der Waals surface area contributed by atoms with Crippen molar-refractivity contribution in [1.29, 1.82) is 0 Å². The number of alkyl halides is 1. The second-order valence-electron chi connectivity index (χ2n) is 6.12. The summed E-state index contributed by atoms with van der Waals surface area (Å²) in [5.74, 6) is 0.112. The molecule has 2 nitrogen and oxygen atoms in total. The maximum absolute atomic E-state index is 12.1. The number of halogens is 1. The molecule has 21 heavy (non-hydrogen) atoms. The van der Waals surface area contributed by atoms with E-state index in [2.05, 4.69) is 13.8 Å². The summed E-state index contributed by atoms with van der Waals surface area (Å²) in [6.07, 6.45) is 13.8. The minimum Gasteiger partial charge on any atom is -0.341 e. The van der Waals surface area contributed by atoms with Crippen molar-refractivity contribution in [2.24, 2.45) is 0 Å². The topological polar surface area (TPSA) is 20.3 Å². The van der Waals surface area contributed by atoms with Crippen LogP contribution < -0.4 is 0 Å². The Bertz CT molecular complexity index is 243. The van der Waals surface area contributed by atoms with Crippen molar-refractivity contribution < 1.29 is 4.79 Å². The summed E-state index contributed by atoms with van der Waals surface area (Å²) in [6.45, 7) is 8.02. The largest absolute Gasteiger partial charge is 0.341 e. The molecule has 0 fully saturated rings. The van der Waals surface area contributed by atoms with Crippen molar-refractivity contribution in [3.05, 3.63) is 0 Å². The Hall–Kier alpha value is -0.240. The zero-order valence-corrected chi connectivity index (χ0v) is 15.3. The molecule has 0 aromatic carbocycles. The summed E-state index contributed by atoms with van der Waals surface area (Å²) in [7, 11) is 0. The number of carbonyl (C=O) groups excluding carboxylic acids is 1. The van der Waals surface area contributed by atoms with Crippen LogP contribution in [0, 0.1) is 0 Å². The van der Waals surface area contributed by atoms with Gasteiger partial charge in [0.2, 0.25) is 5.91 Å². The molecular weight excluding hydrogens is 282 g/mol. The Morgan fingerprint density at radius 3 is 1.57 bits per heavy atom. The molecule has 3 heteroatoms. The van der Waals surface area contributed by atoms with Crippen LogP contribution in [0.3, 0.4) is 0 Å². The molecule has 0 aromatic heterocycles. The number of hydrogen-bond donors (Lipinski definition) is 0. The monoisotopic (exact) mass is 317 g/mol. The lowest BCUT2D eigenvalue weighted by atomic mass is 10.1. The minimum absolute atomic E-state index is 0.112. The van der Waals surface area contributed by atoms with E-state index in [-0.39, 0.29) is 11.3 Å². The highest BCUT2D eigenvalue weighted by Crippen LogP contribution is 2.10. The lowest BCUT2D eigenvalue weighted by Gasteiger charge is -2.24. The zero-order valence-electron chi connectivity index (χ0n) is 14.5. The van der Waals surface area contributed by atoms with E-state index in [1.165, 1.54) is 57.8 Å². The van der Waals surface area contributed by atoms with E-state index in [0.29, 0.717) is 0 Å². The summed E-state index contributed by atoms with van der Waals surface area (Å²) in [5.41, 5.74) is 0. The second kappa shape index (κ2) is 14.7. The van der Waals surface area contributed by atoms with Crippen LogP contribution >= 0.6 is 11.6 Å². The third-order valence-corrected chi connectivity index (χ3v) is 4.15. The Morgan fingerprint density at radius 1 is 0.810 bits per heavy atom. The summed E-state index contributed by atoms with van der Waals surface area (Å²) < 4.78 is 0. The van der Waals surface area contributed by atoms with E-state index in [1.54, 1.807) is 6.92 Å². The Morgan fingerprint density at radius 2 is 1.19 bits per heavy atom. The third kappa shape index (κ3) is 12.0. The third-order valence-electron chi connectivity index (χ3n) is 3.97. The van der Waals surface area contributed by atoms with E-state index in [1.807, 2.05) is 4.90 Å². The Labute approximate surface area is 137 Å². The SMILES string of the molecule is CCCCCCCCN(CCCCCCC)C(=O)C(C)Cl. The first-order valence-corrected chi connectivity index (χ1v) is 9.50. The molecule has 0 bridgehead atoms. The number of hydrogen-bond acceptors (Lipinski definition) is 1. The predicted octanol–water partition coefficient (Wildman–Crippen LogP) is 5.77. The fourth-order valence-electron chi connectivity index (χ4n) is 2.57. The number of amides is 1. The Balaban J connectivity index is 3.89. The lowest BCUT2D eigenvalue weighted by Crippen LogP contribution is -2.37. The van der Waals surface area contributed by atoms with Gasteiger partial charge in [-0.25, -0.2) is 0 Å². The first-order valence-electron chi connectivity index (χ1n) is 9.06. The van der Waals surface area contributed by atoms with Crippen LogP contribution in [0.5, 0.6) is 0 Å². The molecule has 0 spiro atoms. The average molecular weight is 318 g/mol. The first-order chi connectivity index (χ1) is 10.1. The highest BCUT2D eigenvalue weighted by atomic mass is 35.5. The van der Waals surface area contributed by atoms with Gasteiger partial charge in [-0.05, 0) is 19.8 Å². The molecule has 126 valence electrons. The molecule has 1 atom stereocenters. The van der Waals surface area contributed by atoms with Crippen molar-refractivity contribution >= 4 is 17.5 Å². The molecule has 0 saturated heterocycles. The normalized spacial score (nSPS) is 12.4. The molecule has 0 aliphatic heterocycles. The molecule has 0 aliphatic carbocycles. The van der Waals surface area contributed by atoms with Crippen LogP contribution in [0.25, 0.3) is 0 Å². The molecule has 0 aromatic rings. The molecular formula is C18H36ClNO. The van der Waals surface area contributed by atoms with Crippen LogP contribution in [0.1, 0.15) is 91.4 Å². The lowest BCUT2D eigenvalue weighted by molar-refractivity contribution is -0.130. The van der Waals surface area contributed by atoms with E-state index in [4.69, 9.17) is 11.6 Å². The minimum atomic E-state index is -0.388. The average Bonchev–Trinajstić information content (AvgIpc) is 2.47. The quantitative estimate of drug-likeness (QED) is 0.294. The summed E-state index contributed by atoms with van der Waals surface area (Å²) in [5, 5.41) is -0.388. The molecule has 0 radical (unpaired) electrons. The summed E-state index contributed by atoms with van der Waals surface area (Å²) >= 11 is 5.98. The van der Waals surface area contributed by atoms with E-state index in [0.717, 1.165) is 25.9 Å². The van der Waals surface area contributed by atoms with Crippen molar-refractivity contribution in [1.82, 2.24) is 4.90 Å². The van der Waals surface area contributed by atoms with Gasteiger partial charge in [0, 0.05) is 13.1 Å². The van der Waals surface area contributed by atoms with Crippen LogP contribution in [0.4, 0.5) is 0 Å². The molecule has 0 N–H and O–H groups in total. The van der Waals surface area contributed by atoms with Gasteiger partial charge in [0.25, 0.3) is 0 Å². The van der Waals surface area contributed by atoms with Crippen molar-refractivity contribution in [3.8, 4) is 0 Å². The highest BCUT2D eigenvalue weighted by molar-refractivity contribution is 6.30. The number of nitrogens with zero attached hydrogens (tertiary/aromatic N) is 1. The van der Waals surface area contributed by atoms with Gasteiger partial charge in [-0.2, -0.15) is 0 Å². The summed E-state index contributed by atoms with van der Waals surface area (Å²) in [6, 6.07) is 0. The number of rotatable bonds is 14. The van der Waals surface area contributed by atoms with Crippen LogP contribution in [-0.4, -0.2) is 29.3 Å². The van der Waals surface area contributed by atoms with Gasteiger partial charge in [0.1, 0.15) is 5.38 Å². The van der Waals surface area contributed by atoms with E-state index >= 15 is 0 Å². The number of unbranched alkanes of at least 4 members (excludes halogenated alkanes) is 9. The van der Waals surface area contributed by atoms with Crippen LogP contribution in [0.15, 0.2) is 0 Å². The second-order valence-corrected chi connectivity index (χ2v) is 6.78. The maximum atomic E-state index is 12.1. The van der Waals surface area contributed by atoms with Gasteiger partial charge in [-0.3, -0.25) is 4.79 Å². The predicted molar refractivity (Wildman–Crippen MR) is 94.0 cm³/mol. The zero-order chi connectivity index (χ0) is 15.9. The van der Waals surface area contributed by atoms with Gasteiger partial charge in [0.15, 0.2) is 0 Å². The molecule has 1 amide bonds. The standard InChI is InChI=1S/C18H36ClNO/c1-4-6-8-10-12-14-16-20(18(21)17(3)19)15-13-11-9-7-5-2/h17H,4-16H2,1-3H3. The Kier molecular flexibility index (Phi) is 14.5.